The Morgan fingerprint density at radius 1 is 1.59 bits per heavy atom. The van der Waals surface area contributed by atoms with E-state index in [1.165, 1.54) is 18.2 Å². The van der Waals surface area contributed by atoms with Crippen LogP contribution >= 0.6 is 0 Å². The predicted molar refractivity (Wildman–Crippen MR) is 61.8 cm³/mol. The van der Waals surface area contributed by atoms with Gasteiger partial charge in [0.05, 0.1) is 5.56 Å². The number of hydrogen-bond donors (Lipinski definition) is 0. The quantitative estimate of drug-likeness (QED) is 0.731. The average Bonchev–Trinajstić information content (AvgIpc) is 2.71. The van der Waals surface area contributed by atoms with E-state index in [0.717, 1.165) is 0 Å². The van der Waals surface area contributed by atoms with Crippen LogP contribution in [0.15, 0.2) is 30.9 Å². The van der Waals surface area contributed by atoms with Crippen molar-refractivity contribution in [3.63, 3.8) is 0 Å². The molecule has 0 aromatic heterocycles. The maximum Gasteiger partial charge on any atom is 0.227 e. The molecule has 0 spiro atoms. The molecule has 2 rings (SSSR count). The lowest BCUT2D eigenvalue weighted by Crippen LogP contribution is -2.24. The van der Waals surface area contributed by atoms with E-state index < -0.39 is 5.82 Å². The zero-order chi connectivity index (χ0) is 12.4. The van der Waals surface area contributed by atoms with E-state index in [2.05, 4.69) is 6.58 Å². The smallest absolute Gasteiger partial charge is 0.227 e. The van der Waals surface area contributed by atoms with Crippen LogP contribution in [0.1, 0.15) is 12.0 Å². The summed E-state index contributed by atoms with van der Waals surface area (Å²) >= 11 is 0. The molecule has 1 heterocycles. The molecule has 1 aliphatic heterocycles. The van der Waals surface area contributed by atoms with Crippen LogP contribution in [0.2, 0.25) is 0 Å². The highest BCUT2D eigenvalue weighted by Gasteiger charge is 2.28. The van der Waals surface area contributed by atoms with Crippen LogP contribution in [-0.4, -0.2) is 12.5 Å². The molecule has 3 nitrogen and oxygen atoms in total. The minimum Gasteiger partial charge on any atom is -0.312 e. The van der Waals surface area contributed by atoms with Gasteiger partial charge in [0.15, 0.2) is 0 Å². The SMILES string of the molecule is C=CC1CC(=O)N(c2ccc(F)c(C#N)c2)C1. The molecule has 1 fully saturated rings. The summed E-state index contributed by atoms with van der Waals surface area (Å²) in [4.78, 5) is 13.3. The second-order valence-electron chi connectivity index (χ2n) is 3.98. The molecule has 0 N–H and O–H groups in total. The molecule has 0 aliphatic carbocycles. The Labute approximate surface area is 98.8 Å². The standard InChI is InChI=1S/C13H11FN2O/c1-2-9-5-13(17)16(8-9)11-3-4-12(14)10(6-11)7-15/h2-4,6,9H,1,5,8H2. The zero-order valence-corrected chi connectivity index (χ0v) is 9.19. The fourth-order valence-corrected chi connectivity index (χ4v) is 1.91. The molecule has 1 atom stereocenters. The van der Waals surface area contributed by atoms with Crippen LogP contribution in [0.25, 0.3) is 0 Å². The molecule has 0 saturated carbocycles. The summed E-state index contributed by atoms with van der Waals surface area (Å²) in [6, 6.07) is 5.89. The number of hydrogen-bond acceptors (Lipinski definition) is 2. The second-order valence-corrected chi connectivity index (χ2v) is 3.98. The first-order chi connectivity index (χ1) is 8.15. The van der Waals surface area contributed by atoms with Crippen LogP contribution in [-0.2, 0) is 4.79 Å². The number of benzene rings is 1. The number of rotatable bonds is 2. The van der Waals surface area contributed by atoms with E-state index in [1.54, 1.807) is 17.0 Å². The van der Waals surface area contributed by atoms with Crippen molar-refractivity contribution in [1.82, 2.24) is 0 Å². The average molecular weight is 230 g/mol. The molecule has 1 aliphatic rings. The van der Waals surface area contributed by atoms with Gasteiger partial charge in [0.2, 0.25) is 5.91 Å². The van der Waals surface area contributed by atoms with Crippen molar-refractivity contribution in [2.75, 3.05) is 11.4 Å². The summed E-state index contributed by atoms with van der Waals surface area (Å²) in [6.45, 7) is 4.20. The molecule has 4 heteroatoms. The van der Waals surface area contributed by atoms with Gasteiger partial charge in [-0.3, -0.25) is 4.79 Å². The molecular formula is C13H11FN2O. The lowest BCUT2D eigenvalue weighted by molar-refractivity contribution is -0.117. The number of carbonyl (C=O) groups excluding carboxylic acids is 1. The normalized spacial score (nSPS) is 19.2. The van der Waals surface area contributed by atoms with Crippen molar-refractivity contribution >= 4 is 11.6 Å². The Balaban J connectivity index is 2.33. The van der Waals surface area contributed by atoms with Gasteiger partial charge < -0.3 is 4.90 Å². The van der Waals surface area contributed by atoms with E-state index in [0.29, 0.717) is 18.7 Å². The second kappa shape index (κ2) is 4.38. The van der Waals surface area contributed by atoms with Crippen molar-refractivity contribution in [2.24, 2.45) is 5.92 Å². The highest BCUT2D eigenvalue weighted by molar-refractivity contribution is 5.96. The summed E-state index contributed by atoms with van der Waals surface area (Å²) in [5.41, 5.74) is 0.523. The number of nitriles is 1. The number of halogens is 1. The summed E-state index contributed by atoms with van der Waals surface area (Å²) < 4.78 is 13.2. The monoisotopic (exact) mass is 230 g/mol. The lowest BCUT2D eigenvalue weighted by Gasteiger charge is -2.16. The number of anilines is 1. The van der Waals surface area contributed by atoms with Gasteiger partial charge in [-0.25, -0.2) is 4.39 Å². The fraction of sp³-hybridized carbons (Fsp3) is 0.231. The Kier molecular flexibility index (Phi) is 2.92. The lowest BCUT2D eigenvalue weighted by atomic mass is 10.1. The number of amides is 1. The summed E-state index contributed by atoms with van der Waals surface area (Å²) in [6.07, 6.45) is 2.16. The first-order valence-corrected chi connectivity index (χ1v) is 5.28. The maximum absolute atomic E-state index is 13.2. The Bertz CT molecular complexity index is 519. The highest BCUT2D eigenvalue weighted by atomic mass is 19.1. The van der Waals surface area contributed by atoms with Crippen LogP contribution in [0.3, 0.4) is 0 Å². The van der Waals surface area contributed by atoms with Crippen LogP contribution < -0.4 is 4.90 Å². The molecular weight excluding hydrogens is 219 g/mol. The third-order valence-electron chi connectivity index (χ3n) is 2.87. The molecule has 1 saturated heterocycles. The minimum atomic E-state index is -0.567. The van der Waals surface area contributed by atoms with E-state index in [9.17, 15) is 9.18 Å². The maximum atomic E-state index is 13.2. The van der Waals surface area contributed by atoms with E-state index in [-0.39, 0.29) is 17.4 Å². The third-order valence-corrected chi connectivity index (χ3v) is 2.87. The van der Waals surface area contributed by atoms with Crippen molar-refractivity contribution < 1.29 is 9.18 Å². The fourth-order valence-electron chi connectivity index (χ4n) is 1.91. The summed E-state index contributed by atoms with van der Waals surface area (Å²) in [5, 5.41) is 8.74. The van der Waals surface area contributed by atoms with Crippen LogP contribution in [0.5, 0.6) is 0 Å². The van der Waals surface area contributed by atoms with Gasteiger partial charge in [-0.15, -0.1) is 6.58 Å². The van der Waals surface area contributed by atoms with Crippen LogP contribution in [0, 0.1) is 23.1 Å². The minimum absolute atomic E-state index is 0.0228. The van der Waals surface area contributed by atoms with Crippen molar-refractivity contribution in [3.8, 4) is 6.07 Å². The molecule has 1 aromatic carbocycles. The molecule has 0 bridgehead atoms. The Morgan fingerprint density at radius 2 is 2.35 bits per heavy atom. The van der Waals surface area contributed by atoms with Crippen LogP contribution in [0.4, 0.5) is 10.1 Å². The first-order valence-electron chi connectivity index (χ1n) is 5.28. The molecule has 1 aromatic rings. The van der Waals surface area contributed by atoms with Gasteiger partial charge >= 0.3 is 0 Å². The van der Waals surface area contributed by atoms with E-state index in [1.807, 2.05) is 0 Å². The van der Waals surface area contributed by atoms with Gasteiger partial charge in [-0.1, -0.05) is 6.08 Å². The molecule has 86 valence electrons. The van der Waals surface area contributed by atoms with Crippen molar-refractivity contribution in [1.29, 1.82) is 5.26 Å². The Morgan fingerprint density at radius 3 is 2.94 bits per heavy atom. The zero-order valence-electron chi connectivity index (χ0n) is 9.19. The third kappa shape index (κ3) is 2.04. The van der Waals surface area contributed by atoms with Gasteiger partial charge in [-0.05, 0) is 18.2 Å². The number of nitrogens with zero attached hydrogens (tertiary/aromatic N) is 2. The summed E-state index contributed by atoms with van der Waals surface area (Å²) in [5.74, 6) is -0.466. The van der Waals surface area contributed by atoms with E-state index in [4.69, 9.17) is 5.26 Å². The molecule has 1 amide bonds. The van der Waals surface area contributed by atoms with Gasteiger partial charge in [0.25, 0.3) is 0 Å². The molecule has 0 radical (unpaired) electrons. The topological polar surface area (TPSA) is 44.1 Å². The van der Waals surface area contributed by atoms with E-state index >= 15 is 0 Å². The van der Waals surface area contributed by atoms with Gasteiger partial charge in [-0.2, -0.15) is 5.26 Å². The predicted octanol–water partition coefficient (Wildman–Crippen LogP) is 2.24. The van der Waals surface area contributed by atoms with Crippen molar-refractivity contribution in [3.05, 3.63) is 42.2 Å². The Hall–Kier alpha value is -2.15. The largest absolute Gasteiger partial charge is 0.312 e. The van der Waals surface area contributed by atoms with Gasteiger partial charge in [0, 0.05) is 24.6 Å². The first kappa shape index (κ1) is 11.3. The molecule has 1 unspecified atom stereocenters. The summed E-state index contributed by atoms with van der Waals surface area (Å²) in [7, 11) is 0. The molecule has 17 heavy (non-hydrogen) atoms. The number of carbonyl (C=O) groups is 1. The van der Waals surface area contributed by atoms with Gasteiger partial charge in [0.1, 0.15) is 11.9 Å². The van der Waals surface area contributed by atoms with Crippen molar-refractivity contribution in [2.45, 2.75) is 6.42 Å². The highest BCUT2D eigenvalue weighted by Crippen LogP contribution is 2.26.